The smallest absolute Gasteiger partial charge is 0.247 e. The molecule has 3 atom stereocenters. The van der Waals surface area contributed by atoms with Crippen LogP contribution in [0.25, 0.3) is 0 Å². The van der Waals surface area contributed by atoms with Crippen LogP contribution in [0.3, 0.4) is 0 Å². The molecule has 0 aliphatic heterocycles. The number of aliphatic hydroxyl groups is 2. The molecule has 2 aromatic carbocycles. The Bertz CT molecular complexity index is 1340. The van der Waals surface area contributed by atoms with Gasteiger partial charge in [0.15, 0.2) is 11.5 Å². The van der Waals surface area contributed by atoms with E-state index in [1.807, 2.05) is 34.7 Å². The van der Waals surface area contributed by atoms with Gasteiger partial charge < -0.3 is 29.9 Å². The van der Waals surface area contributed by atoms with Crippen molar-refractivity contribution in [2.75, 3.05) is 20.3 Å². The van der Waals surface area contributed by atoms with E-state index < -0.39 is 24.2 Å². The fourth-order valence-electron chi connectivity index (χ4n) is 5.75. The van der Waals surface area contributed by atoms with E-state index in [9.17, 15) is 24.6 Å². The number of unbranched alkanes of at least 4 members (excludes halogenated alkanes) is 8. The number of methoxy groups -OCH3 is 1. The van der Waals surface area contributed by atoms with E-state index in [0.717, 1.165) is 31.2 Å². The number of carbonyl (C=O) groups excluding carboxylic acids is 3. The third kappa shape index (κ3) is 12.1. The molecule has 3 unspecified atom stereocenters. The largest absolute Gasteiger partial charge is 0.493 e. The molecule has 258 valence electrons. The van der Waals surface area contributed by atoms with Gasteiger partial charge >= 0.3 is 0 Å². The number of aliphatic hydroxyl groups excluding tert-OH is 2. The predicted octanol–water partition coefficient (Wildman–Crippen LogP) is 6.63. The summed E-state index contributed by atoms with van der Waals surface area (Å²) in [6, 6.07) is 9.59. The maximum atomic E-state index is 13.9. The Morgan fingerprint density at radius 3 is 2.34 bits per heavy atom. The second kappa shape index (κ2) is 20.6. The van der Waals surface area contributed by atoms with Crippen LogP contribution in [0.4, 0.5) is 0 Å². The van der Waals surface area contributed by atoms with Crippen molar-refractivity contribution in [1.82, 2.24) is 10.2 Å². The zero-order chi connectivity index (χ0) is 34.2. The summed E-state index contributed by atoms with van der Waals surface area (Å²) in [6.45, 7) is 2.24. The van der Waals surface area contributed by atoms with Gasteiger partial charge in [0.1, 0.15) is 18.5 Å². The van der Waals surface area contributed by atoms with Crippen LogP contribution in [0.5, 0.6) is 11.5 Å². The van der Waals surface area contributed by atoms with Crippen LogP contribution in [0.2, 0.25) is 5.02 Å². The molecule has 3 N–H and O–H groups in total. The summed E-state index contributed by atoms with van der Waals surface area (Å²) < 4.78 is 12.4. The Balaban J connectivity index is 1.87. The highest BCUT2D eigenvalue weighted by molar-refractivity contribution is 14.1. The van der Waals surface area contributed by atoms with Crippen LogP contribution >= 0.6 is 34.2 Å². The van der Waals surface area contributed by atoms with Gasteiger partial charge in [-0.05, 0) is 64.9 Å². The number of carbonyl (C=O) groups is 3. The van der Waals surface area contributed by atoms with Gasteiger partial charge in [0.05, 0.1) is 23.3 Å². The predicted molar refractivity (Wildman–Crippen MR) is 192 cm³/mol. The number of hydrogen-bond acceptors (Lipinski definition) is 7. The molecule has 9 nitrogen and oxygen atoms in total. The standard InChI is InChI=1S/C36H48ClIN2O7/c1-3-4-5-6-7-8-9-10-11-12-33(43)40(23-25-13-15-28(37)16-14-25)30-21-27(36(45)39-17-18-41)22-31(34(30)44)47-35-29(38)19-26(24-42)20-32(35)46-2/h13-16,19-20,22,24,30-31,34,41,44H,3-12,17-18,21,23H2,1-2H3,(H,39,45). The Kier molecular flexibility index (Phi) is 17.0. The van der Waals surface area contributed by atoms with Crippen molar-refractivity contribution >= 4 is 52.3 Å². The first-order chi connectivity index (χ1) is 22.7. The number of aldehydes is 1. The summed E-state index contributed by atoms with van der Waals surface area (Å²) in [7, 11) is 1.45. The van der Waals surface area contributed by atoms with E-state index in [0.29, 0.717) is 43.9 Å². The van der Waals surface area contributed by atoms with Crippen molar-refractivity contribution in [2.45, 2.75) is 102 Å². The van der Waals surface area contributed by atoms with E-state index >= 15 is 0 Å². The average molecular weight is 783 g/mol. The van der Waals surface area contributed by atoms with Crippen molar-refractivity contribution in [1.29, 1.82) is 0 Å². The van der Waals surface area contributed by atoms with Crippen molar-refractivity contribution in [3.63, 3.8) is 0 Å². The SMILES string of the molecule is CCCCCCCCCCCC(=O)N(Cc1ccc(Cl)cc1)C1CC(C(=O)NCCO)=CC(Oc2c(I)cc(C=O)cc2OC)C1O. The maximum Gasteiger partial charge on any atom is 0.247 e. The van der Waals surface area contributed by atoms with E-state index in [1.165, 1.54) is 45.3 Å². The van der Waals surface area contributed by atoms with Gasteiger partial charge in [0.2, 0.25) is 11.8 Å². The van der Waals surface area contributed by atoms with Gasteiger partial charge in [0, 0.05) is 42.1 Å². The normalized spacial score (nSPS) is 17.5. The Labute approximate surface area is 297 Å². The van der Waals surface area contributed by atoms with E-state index in [-0.39, 0.29) is 32.0 Å². The highest BCUT2D eigenvalue weighted by Gasteiger charge is 2.41. The Hall–Kier alpha value is -2.67. The van der Waals surface area contributed by atoms with Gasteiger partial charge in [-0.3, -0.25) is 14.4 Å². The van der Waals surface area contributed by atoms with Crippen molar-refractivity contribution in [3.05, 3.63) is 67.8 Å². The van der Waals surface area contributed by atoms with Crippen LogP contribution < -0.4 is 14.8 Å². The molecule has 11 heteroatoms. The van der Waals surface area contributed by atoms with Crippen molar-refractivity contribution in [3.8, 4) is 11.5 Å². The average Bonchev–Trinajstić information content (AvgIpc) is 3.07. The number of nitrogens with zero attached hydrogens (tertiary/aromatic N) is 1. The molecule has 47 heavy (non-hydrogen) atoms. The van der Waals surface area contributed by atoms with Gasteiger partial charge in [0.25, 0.3) is 0 Å². The van der Waals surface area contributed by atoms with Gasteiger partial charge in [-0.1, -0.05) is 82.0 Å². The van der Waals surface area contributed by atoms with Crippen molar-refractivity contribution in [2.24, 2.45) is 0 Å². The van der Waals surface area contributed by atoms with Crippen LogP contribution in [-0.2, 0) is 16.1 Å². The molecule has 0 radical (unpaired) electrons. The minimum Gasteiger partial charge on any atom is -0.493 e. The summed E-state index contributed by atoms with van der Waals surface area (Å²) in [5, 5.41) is 24.4. The molecule has 3 rings (SSSR count). The highest BCUT2D eigenvalue weighted by Crippen LogP contribution is 2.37. The topological polar surface area (TPSA) is 125 Å². The molecular formula is C36H48ClIN2O7. The minimum absolute atomic E-state index is 0.0554. The Morgan fingerprint density at radius 2 is 1.72 bits per heavy atom. The minimum atomic E-state index is -1.20. The molecule has 0 saturated heterocycles. The first-order valence-corrected chi connectivity index (χ1v) is 18.0. The first kappa shape index (κ1) is 38.8. The third-order valence-corrected chi connectivity index (χ3v) is 9.39. The lowest BCUT2D eigenvalue weighted by atomic mass is 9.87. The van der Waals surface area contributed by atoms with Gasteiger partial charge in [-0.25, -0.2) is 0 Å². The number of rotatable bonds is 20. The fraction of sp³-hybridized carbons (Fsp3) is 0.528. The fourth-order valence-corrected chi connectivity index (χ4v) is 6.62. The molecule has 1 aliphatic rings. The van der Waals surface area contributed by atoms with E-state index in [4.69, 9.17) is 21.1 Å². The lowest BCUT2D eigenvalue weighted by molar-refractivity contribution is -0.139. The molecule has 0 spiro atoms. The number of ether oxygens (including phenoxy) is 2. The molecule has 0 bridgehead atoms. The summed E-state index contributed by atoms with van der Waals surface area (Å²) in [5.41, 5.74) is 1.56. The Morgan fingerprint density at radius 1 is 1.06 bits per heavy atom. The van der Waals surface area contributed by atoms with Crippen LogP contribution in [0.1, 0.15) is 93.5 Å². The number of nitrogens with one attached hydrogen (secondary N) is 1. The molecular weight excluding hydrogens is 735 g/mol. The number of halogens is 2. The zero-order valence-electron chi connectivity index (χ0n) is 27.4. The quantitative estimate of drug-likeness (QED) is 0.0783. The summed E-state index contributed by atoms with van der Waals surface area (Å²) in [6.07, 6.45) is 10.6. The van der Waals surface area contributed by atoms with Crippen molar-refractivity contribution < 1.29 is 34.1 Å². The lowest BCUT2D eigenvalue weighted by Gasteiger charge is -2.41. The first-order valence-electron chi connectivity index (χ1n) is 16.5. The second-order valence-electron chi connectivity index (χ2n) is 11.9. The van der Waals surface area contributed by atoms with Crippen LogP contribution in [0.15, 0.2) is 48.0 Å². The molecule has 0 heterocycles. The summed E-state index contributed by atoms with van der Waals surface area (Å²) in [4.78, 5) is 40.3. The molecule has 0 fully saturated rings. The third-order valence-electron chi connectivity index (χ3n) is 8.34. The molecule has 1 aliphatic carbocycles. The van der Waals surface area contributed by atoms with E-state index in [1.54, 1.807) is 29.2 Å². The highest BCUT2D eigenvalue weighted by atomic mass is 127. The van der Waals surface area contributed by atoms with Crippen LogP contribution in [0, 0.1) is 3.57 Å². The summed E-state index contributed by atoms with van der Waals surface area (Å²) in [5.74, 6) is 0.0676. The monoisotopic (exact) mass is 782 g/mol. The second-order valence-corrected chi connectivity index (χ2v) is 13.5. The number of amides is 2. The van der Waals surface area contributed by atoms with E-state index in [2.05, 4.69) is 12.2 Å². The maximum absolute atomic E-state index is 13.9. The zero-order valence-corrected chi connectivity index (χ0v) is 30.3. The molecule has 0 aromatic heterocycles. The number of hydrogen-bond donors (Lipinski definition) is 3. The molecule has 2 aromatic rings. The van der Waals surface area contributed by atoms with Gasteiger partial charge in [-0.2, -0.15) is 0 Å². The summed E-state index contributed by atoms with van der Waals surface area (Å²) >= 11 is 8.17. The molecule has 0 saturated carbocycles. The molecule has 2 amide bonds. The van der Waals surface area contributed by atoms with Crippen LogP contribution in [-0.4, -0.2) is 71.7 Å². The number of benzene rings is 2. The lowest BCUT2D eigenvalue weighted by Crippen LogP contribution is -2.54. The van der Waals surface area contributed by atoms with Gasteiger partial charge in [-0.15, -0.1) is 0 Å².